The lowest BCUT2D eigenvalue weighted by molar-refractivity contribution is -0.165. The average molecular weight is 316 g/mol. The minimum atomic E-state index is -2.35. The Balaban J connectivity index is 4.43. The van der Waals surface area contributed by atoms with Gasteiger partial charge in [-0.2, -0.15) is 0 Å². The molecule has 0 amide bonds. The maximum atomic E-state index is 12.0. The van der Waals surface area contributed by atoms with E-state index in [2.05, 4.69) is 6.92 Å². The summed E-state index contributed by atoms with van der Waals surface area (Å²) in [5.41, 5.74) is -2.35. The molecule has 0 aliphatic carbocycles. The molecule has 0 rings (SSSR count). The van der Waals surface area contributed by atoms with E-state index >= 15 is 0 Å². The summed E-state index contributed by atoms with van der Waals surface area (Å²) in [6.07, 6.45) is 5.42. The number of carbonyl (C=O) groups is 2. The molecule has 0 aromatic rings. The van der Waals surface area contributed by atoms with Crippen LogP contribution in [0.15, 0.2) is 0 Å². The Bertz CT molecular complexity index is 329. The lowest BCUT2D eigenvalue weighted by Crippen LogP contribution is -2.55. The normalized spacial score (nSPS) is 15.3. The number of hydrogen-bond donors (Lipinski definition) is 3. The van der Waals surface area contributed by atoms with Crippen LogP contribution in [0.4, 0.5) is 0 Å². The molecule has 0 aromatic carbocycles. The number of ketones is 2. The third-order valence-electron chi connectivity index (χ3n) is 4.02. The summed E-state index contributed by atoms with van der Waals surface area (Å²) in [5, 5.41) is 29.5. The molecule has 0 bridgehead atoms. The lowest BCUT2D eigenvalue weighted by atomic mass is 9.86. The van der Waals surface area contributed by atoms with Gasteiger partial charge < -0.3 is 15.3 Å². The molecule has 0 spiro atoms. The van der Waals surface area contributed by atoms with Gasteiger partial charge in [0.25, 0.3) is 0 Å². The highest BCUT2D eigenvalue weighted by atomic mass is 16.4. The Morgan fingerprint density at radius 3 is 1.95 bits per heavy atom. The molecule has 0 heterocycles. The standard InChI is InChI=1S/C17H32O5/c1-3-5-7-8-10-11-14(19)16(21)17(22,13-18)15(20)12-9-6-4-2/h16,18,21-22H,3-13H2,1-2H3. The summed E-state index contributed by atoms with van der Waals surface area (Å²) in [4.78, 5) is 24.0. The molecule has 130 valence electrons. The van der Waals surface area contributed by atoms with Gasteiger partial charge in [-0.15, -0.1) is 0 Å². The van der Waals surface area contributed by atoms with Gasteiger partial charge in [-0.1, -0.05) is 52.4 Å². The number of carbonyl (C=O) groups excluding carboxylic acids is 2. The fraction of sp³-hybridized carbons (Fsp3) is 0.882. The summed E-state index contributed by atoms with van der Waals surface area (Å²) in [5.74, 6) is -1.23. The monoisotopic (exact) mass is 316 g/mol. The van der Waals surface area contributed by atoms with Crippen LogP contribution < -0.4 is 0 Å². The van der Waals surface area contributed by atoms with Crippen LogP contribution in [0.1, 0.15) is 78.1 Å². The Morgan fingerprint density at radius 2 is 1.41 bits per heavy atom. The van der Waals surface area contributed by atoms with Crippen LogP contribution in [0.2, 0.25) is 0 Å². The van der Waals surface area contributed by atoms with Crippen LogP contribution in [-0.2, 0) is 9.59 Å². The molecule has 2 atom stereocenters. The van der Waals surface area contributed by atoms with Crippen molar-refractivity contribution in [3.8, 4) is 0 Å². The molecule has 3 N–H and O–H groups in total. The van der Waals surface area contributed by atoms with Gasteiger partial charge in [0.15, 0.2) is 23.3 Å². The van der Waals surface area contributed by atoms with Crippen LogP contribution in [0.3, 0.4) is 0 Å². The van der Waals surface area contributed by atoms with E-state index in [1.54, 1.807) is 0 Å². The van der Waals surface area contributed by atoms with E-state index in [-0.39, 0.29) is 12.8 Å². The van der Waals surface area contributed by atoms with Crippen molar-refractivity contribution in [1.82, 2.24) is 0 Å². The van der Waals surface area contributed by atoms with Crippen LogP contribution in [0, 0.1) is 0 Å². The molecule has 5 nitrogen and oxygen atoms in total. The van der Waals surface area contributed by atoms with Crippen molar-refractivity contribution in [3.05, 3.63) is 0 Å². The highest BCUT2D eigenvalue weighted by Gasteiger charge is 2.45. The molecule has 2 unspecified atom stereocenters. The largest absolute Gasteiger partial charge is 0.393 e. The second kappa shape index (κ2) is 11.7. The van der Waals surface area contributed by atoms with E-state index in [0.717, 1.165) is 38.5 Å². The Hall–Kier alpha value is -0.780. The molecule has 0 saturated carbocycles. The Kier molecular flexibility index (Phi) is 11.3. The maximum Gasteiger partial charge on any atom is 0.178 e. The first-order valence-electron chi connectivity index (χ1n) is 8.51. The fourth-order valence-electron chi connectivity index (χ4n) is 2.38. The Morgan fingerprint density at radius 1 is 0.909 bits per heavy atom. The first-order valence-corrected chi connectivity index (χ1v) is 8.51. The van der Waals surface area contributed by atoms with Crippen LogP contribution in [-0.4, -0.2) is 45.2 Å². The quantitative estimate of drug-likeness (QED) is 0.427. The van der Waals surface area contributed by atoms with Crippen molar-refractivity contribution in [2.75, 3.05) is 6.61 Å². The summed E-state index contributed by atoms with van der Waals surface area (Å²) in [6, 6.07) is 0. The zero-order chi connectivity index (χ0) is 17.0. The first kappa shape index (κ1) is 21.2. The number of hydrogen-bond acceptors (Lipinski definition) is 5. The van der Waals surface area contributed by atoms with Crippen LogP contribution in [0.5, 0.6) is 0 Å². The summed E-state index contributed by atoms with van der Waals surface area (Å²) in [7, 11) is 0. The second-order valence-corrected chi connectivity index (χ2v) is 6.00. The molecule has 0 aromatic heterocycles. The van der Waals surface area contributed by atoms with Gasteiger partial charge in [-0.3, -0.25) is 9.59 Å². The molecule has 0 radical (unpaired) electrons. The number of aliphatic hydroxyl groups excluding tert-OH is 2. The van der Waals surface area contributed by atoms with Crippen molar-refractivity contribution in [2.45, 2.75) is 89.8 Å². The van der Waals surface area contributed by atoms with Crippen LogP contribution in [0.25, 0.3) is 0 Å². The lowest BCUT2D eigenvalue weighted by Gasteiger charge is -2.28. The average Bonchev–Trinajstić information content (AvgIpc) is 2.52. The van der Waals surface area contributed by atoms with Gasteiger partial charge in [0, 0.05) is 12.8 Å². The summed E-state index contributed by atoms with van der Waals surface area (Å²) >= 11 is 0. The van der Waals surface area contributed by atoms with Gasteiger partial charge in [-0.05, 0) is 12.8 Å². The molecule has 0 saturated heterocycles. The summed E-state index contributed by atoms with van der Waals surface area (Å²) < 4.78 is 0. The fourth-order valence-corrected chi connectivity index (χ4v) is 2.38. The molecular formula is C17H32O5. The predicted octanol–water partition coefficient (Wildman–Crippen LogP) is 2.15. The third kappa shape index (κ3) is 6.99. The van der Waals surface area contributed by atoms with Gasteiger partial charge >= 0.3 is 0 Å². The predicted molar refractivity (Wildman–Crippen MR) is 85.6 cm³/mol. The van der Waals surface area contributed by atoms with E-state index in [1.165, 1.54) is 0 Å². The number of unbranched alkanes of at least 4 members (excludes halogenated alkanes) is 6. The van der Waals surface area contributed by atoms with Crippen molar-refractivity contribution in [1.29, 1.82) is 0 Å². The second-order valence-electron chi connectivity index (χ2n) is 6.00. The number of Topliss-reactive ketones (excluding diaryl/α,β-unsaturated/α-hetero) is 2. The van der Waals surface area contributed by atoms with E-state index in [1.807, 2.05) is 6.92 Å². The zero-order valence-corrected chi connectivity index (χ0v) is 14.0. The minimum Gasteiger partial charge on any atom is -0.393 e. The van der Waals surface area contributed by atoms with Gasteiger partial charge in [0.1, 0.15) is 0 Å². The van der Waals surface area contributed by atoms with Gasteiger partial charge in [0.2, 0.25) is 0 Å². The molecule has 0 aliphatic heterocycles. The minimum absolute atomic E-state index is 0.0612. The van der Waals surface area contributed by atoms with Gasteiger partial charge in [0.05, 0.1) is 6.61 Å². The molecule has 5 heteroatoms. The highest BCUT2D eigenvalue weighted by molar-refractivity contribution is 5.96. The van der Waals surface area contributed by atoms with E-state index < -0.39 is 29.9 Å². The van der Waals surface area contributed by atoms with E-state index in [0.29, 0.717) is 12.8 Å². The molecule has 0 fully saturated rings. The topological polar surface area (TPSA) is 94.8 Å². The van der Waals surface area contributed by atoms with Crippen molar-refractivity contribution >= 4 is 11.6 Å². The maximum absolute atomic E-state index is 12.0. The van der Waals surface area contributed by atoms with E-state index in [9.17, 15) is 24.9 Å². The Labute approximate surface area is 133 Å². The molecule has 22 heavy (non-hydrogen) atoms. The van der Waals surface area contributed by atoms with Gasteiger partial charge in [-0.25, -0.2) is 0 Å². The SMILES string of the molecule is CCCCCCCC(=O)C(O)C(O)(CO)C(=O)CCCCC. The molecule has 0 aliphatic rings. The summed E-state index contributed by atoms with van der Waals surface area (Å²) in [6.45, 7) is 3.15. The number of aliphatic hydroxyl groups is 3. The smallest absolute Gasteiger partial charge is 0.178 e. The first-order chi connectivity index (χ1) is 10.4. The van der Waals surface area contributed by atoms with Crippen molar-refractivity contribution in [2.24, 2.45) is 0 Å². The number of rotatable bonds is 14. The third-order valence-corrected chi connectivity index (χ3v) is 4.02. The highest BCUT2D eigenvalue weighted by Crippen LogP contribution is 2.19. The van der Waals surface area contributed by atoms with Crippen molar-refractivity contribution in [3.63, 3.8) is 0 Å². The van der Waals surface area contributed by atoms with Crippen LogP contribution >= 0.6 is 0 Å². The zero-order valence-electron chi connectivity index (χ0n) is 14.0. The molecular weight excluding hydrogens is 284 g/mol. The van der Waals surface area contributed by atoms with Crippen molar-refractivity contribution < 1.29 is 24.9 Å². The van der Waals surface area contributed by atoms with E-state index in [4.69, 9.17) is 0 Å².